The molecule has 1 aromatic rings. The Morgan fingerprint density at radius 1 is 1.56 bits per heavy atom. The summed E-state index contributed by atoms with van der Waals surface area (Å²) in [5.41, 5.74) is 1.02. The molecule has 1 unspecified atom stereocenters. The van der Waals surface area contributed by atoms with Crippen LogP contribution in [0.3, 0.4) is 0 Å². The fourth-order valence-corrected chi connectivity index (χ4v) is 2.38. The molecule has 3 nitrogen and oxygen atoms in total. The maximum atomic E-state index is 10.9. The minimum absolute atomic E-state index is 0.382. The average molecular weight is 240 g/mol. The highest BCUT2D eigenvalue weighted by molar-refractivity contribution is 8.00. The molecule has 0 aliphatic heterocycles. The summed E-state index contributed by atoms with van der Waals surface area (Å²) in [6.45, 7) is 3.83. The van der Waals surface area contributed by atoms with E-state index in [0.29, 0.717) is 6.42 Å². The molecule has 0 aliphatic carbocycles. The van der Waals surface area contributed by atoms with Gasteiger partial charge in [-0.1, -0.05) is 6.92 Å². The maximum absolute atomic E-state index is 10.9. The Balaban J connectivity index is 2.81. The first-order valence-corrected chi connectivity index (χ1v) is 6.00. The predicted octanol–water partition coefficient (Wildman–Crippen LogP) is 2.96. The summed E-state index contributed by atoms with van der Waals surface area (Å²) in [4.78, 5) is 11.9. The SMILES string of the molecule is CCC(Sc1ccc(OC)c(C)c1)C(=O)O. The van der Waals surface area contributed by atoms with E-state index < -0.39 is 5.97 Å². The van der Waals surface area contributed by atoms with Gasteiger partial charge in [-0.3, -0.25) is 4.79 Å². The van der Waals surface area contributed by atoms with Crippen molar-refractivity contribution in [2.75, 3.05) is 7.11 Å². The highest BCUT2D eigenvalue weighted by atomic mass is 32.2. The fraction of sp³-hybridized carbons (Fsp3) is 0.417. The van der Waals surface area contributed by atoms with Gasteiger partial charge in [0.05, 0.1) is 7.11 Å². The zero-order valence-electron chi connectivity index (χ0n) is 9.69. The molecule has 0 heterocycles. The third-order valence-electron chi connectivity index (χ3n) is 2.29. The average Bonchev–Trinajstić information content (AvgIpc) is 2.25. The largest absolute Gasteiger partial charge is 0.496 e. The molecule has 1 rings (SSSR count). The summed E-state index contributed by atoms with van der Waals surface area (Å²) < 4.78 is 5.15. The van der Waals surface area contributed by atoms with Gasteiger partial charge in [-0.15, -0.1) is 11.8 Å². The van der Waals surface area contributed by atoms with E-state index in [9.17, 15) is 4.79 Å². The quantitative estimate of drug-likeness (QED) is 0.804. The van der Waals surface area contributed by atoms with Crippen molar-refractivity contribution in [3.05, 3.63) is 23.8 Å². The predicted molar refractivity (Wildman–Crippen MR) is 65.3 cm³/mol. The summed E-state index contributed by atoms with van der Waals surface area (Å²) in [6, 6.07) is 5.71. The van der Waals surface area contributed by atoms with Crippen LogP contribution < -0.4 is 4.74 Å². The molecule has 1 aromatic carbocycles. The smallest absolute Gasteiger partial charge is 0.316 e. The summed E-state index contributed by atoms with van der Waals surface area (Å²) in [5.74, 6) is 0.0636. The molecule has 0 amide bonds. The van der Waals surface area contributed by atoms with Crippen molar-refractivity contribution >= 4 is 17.7 Å². The van der Waals surface area contributed by atoms with Gasteiger partial charge < -0.3 is 9.84 Å². The molecule has 0 fully saturated rings. The van der Waals surface area contributed by atoms with Crippen LogP contribution in [0.2, 0.25) is 0 Å². The van der Waals surface area contributed by atoms with Gasteiger partial charge >= 0.3 is 5.97 Å². The lowest BCUT2D eigenvalue weighted by Gasteiger charge is -2.11. The Bertz CT molecular complexity index is 377. The number of benzene rings is 1. The van der Waals surface area contributed by atoms with Crippen molar-refractivity contribution in [2.24, 2.45) is 0 Å². The number of hydrogen-bond acceptors (Lipinski definition) is 3. The monoisotopic (exact) mass is 240 g/mol. The topological polar surface area (TPSA) is 46.5 Å². The van der Waals surface area contributed by atoms with Crippen LogP contribution in [0.25, 0.3) is 0 Å². The van der Waals surface area contributed by atoms with Crippen molar-refractivity contribution in [3.8, 4) is 5.75 Å². The van der Waals surface area contributed by atoms with Gasteiger partial charge in [0.15, 0.2) is 0 Å². The van der Waals surface area contributed by atoms with Crippen LogP contribution in [-0.2, 0) is 4.79 Å². The van der Waals surface area contributed by atoms with Gasteiger partial charge in [0, 0.05) is 4.90 Å². The van der Waals surface area contributed by atoms with Crippen molar-refractivity contribution in [1.82, 2.24) is 0 Å². The van der Waals surface area contributed by atoms with E-state index >= 15 is 0 Å². The van der Waals surface area contributed by atoms with E-state index in [4.69, 9.17) is 9.84 Å². The number of ether oxygens (including phenoxy) is 1. The number of carboxylic acids is 1. The van der Waals surface area contributed by atoms with Crippen LogP contribution in [0, 0.1) is 6.92 Å². The minimum atomic E-state index is -0.763. The molecule has 16 heavy (non-hydrogen) atoms. The first kappa shape index (κ1) is 12.9. The molecule has 1 atom stereocenters. The Hall–Kier alpha value is -1.16. The second-order valence-electron chi connectivity index (χ2n) is 3.48. The van der Waals surface area contributed by atoms with E-state index in [1.165, 1.54) is 11.8 Å². The molecular formula is C12H16O3S. The number of aliphatic carboxylic acids is 1. The second kappa shape index (κ2) is 5.80. The Kier molecular flexibility index (Phi) is 4.68. The first-order valence-electron chi connectivity index (χ1n) is 5.12. The third kappa shape index (κ3) is 3.17. The van der Waals surface area contributed by atoms with Gasteiger partial charge in [0.25, 0.3) is 0 Å². The van der Waals surface area contributed by atoms with Crippen LogP contribution in [0.4, 0.5) is 0 Å². The normalized spacial score (nSPS) is 12.2. The van der Waals surface area contributed by atoms with Crippen LogP contribution in [0.5, 0.6) is 5.75 Å². The molecule has 88 valence electrons. The van der Waals surface area contributed by atoms with Crippen molar-refractivity contribution < 1.29 is 14.6 Å². The number of carbonyl (C=O) groups is 1. The lowest BCUT2D eigenvalue weighted by molar-refractivity contribution is -0.136. The molecule has 0 aliphatic rings. The standard InChI is InChI=1S/C12H16O3S/c1-4-11(12(13)14)16-9-5-6-10(15-3)8(2)7-9/h5-7,11H,4H2,1-3H3,(H,13,14). The van der Waals surface area contributed by atoms with Gasteiger partial charge in [0.2, 0.25) is 0 Å². The Morgan fingerprint density at radius 3 is 2.69 bits per heavy atom. The molecule has 0 radical (unpaired) electrons. The molecule has 0 saturated carbocycles. The number of rotatable bonds is 5. The van der Waals surface area contributed by atoms with Crippen LogP contribution in [0.1, 0.15) is 18.9 Å². The maximum Gasteiger partial charge on any atom is 0.316 e. The van der Waals surface area contributed by atoms with Gasteiger partial charge in [-0.2, -0.15) is 0 Å². The Labute approximate surface area is 99.8 Å². The zero-order valence-corrected chi connectivity index (χ0v) is 10.5. The molecule has 0 spiro atoms. The Morgan fingerprint density at radius 2 is 2.25 bits per heavy atom. The highest BCUT2D eigenvalue weighted by Crippen LogP contribution is 2.29. The van der Waals surface area contributed by atoms with E-state index in [1.54, 1.807) is 7.11 Å². The van der Waals surface area contributed by atoms with Gasteiger partial charge in [-0.25, -0.2) is 0 Å². The van der Waals surface area contributed by atoms with Crippen LogP contribution >= 0.6 is 11.8 Å². The number of thioether (sulfide) groups is 1. The van der Waals surface area contributed by atoms with Crippen LogP contribution in [-0.4, -0.2) is 23.4 Å². The van der Waals surface area contributed by atoms with Gasteiger partial charge in [0.1, 0.15) is 11.0 Å². The molecular weight excluding hydrogens is 224 g/mol. The third-order valence-corrected chi connectivity index (χ3v) is 3.64. The summed E-state index contributed by atoms with van der Waals surface area (Å²) >= 11 is 1.38. The van der Waals surface area contributed by atoms with E-state index in [0.717, 1.165) is 16.2 Å². The zero-order chi connectivity index (χ0) is 12.1. The van der Waals surface area contributed by atoms with E-state index in [-0.39, 0.29) is 5.25 Å². The van der Waals surface area contributed by atoms with Crippen molar-refractivity contribution in [3.63, 3.8) is 0 Å². The van der Waals surface area contributed by atoms with E-state index in [2.05, 4.69) is 0 Å². The summed E-state index contributed by atoms with van der Waals surface area (Å²) in [6.07, 6.45) is 0.616. The van der Waals surface area contributed by atoms with E-state index in [1.807, 2.05) is 32.0 Å². The van der Waals surface area contributed by atoms with Crippen molar-refractivity contribution in [1.29, 1.82) is 0 Å². The lowest BCUT2D eigenvalue weighted by Crippen LogP contribution is -2.14. The highest BCUT2D eigenvalue weighted by Gasteiger charge is 2.16. The van der Waals surface area contributed by atoms with Crippen LogP contribution in [0.15, 0.2) is 23.1 Å². The number of carboxylic acid groups (broad SMARTS) is 1. The molecule has 0 bridgehead atoms. The van der Waals surface area contributed by atoms with Crippen molar-refractivity contribution in [2.45, 2.75) is 30.4 Å². The fourth-order valence-electron chi connectivity index (χ4n) is 1.40. The summed E-state index contributed by atoms with van der Waals surface area (Å²) in [7, 11) is 1.63. The summed E-state index contributed by atoms with van der Waals surface area (Å²) in [5, 5.41) is 8.58. The second-order valence-corrected chi connectivity index (χ2v) is 4.76. The molecule has 4 heteroatoms. The molecule has 0 aromatic heterocycles. The first-order chi connectivity index (χ1) is 7.58. The number of methoxy groups -OCH3 is 1. The lowest BCUT2D eigenvalue weighted by atomic mass is 10.2. The van der Waals surface area contributed by atoms with Gasteiger partial charge in [-0.05, 0) is 37.1 Å². The molecule has 1 N–H and O–H groups in total. The number of hydrogen-bond donors (Lipinski definition) is 1. The minimum Gasteiger partial charge on any atom is -0.496 e. The molecule has 0 saturated heterocycles. The number of aryl methyl sites for hydroxylation is 1.